The summed E-state index contributed by atoms with van der Waals surface area (Å²) >= 11 is 0. The Kier molecular flexibility index (Phi) is 7.37. The van der Waals surface area contributed by atoms with Crippen LogP contribution in [0.2, 0.25) is 0 Å². The number of nitrogens with one attached hydrogen (secondary N) is 2. The average molecular weight is 448 g/mol. The largest absolute Gasteiger partial charge is 0.479 e. The minimum absolute atomic E-state index is 0.0766. The molecular weight excluding hydrogens is 426 g/mol. The number of alkyl halides is 2. The third-order valence-corrected chi connectivity index (χ3v) is 5.13. The maximum atomic E-state index is 13.3. The van der Waals surface area contributed by atoms with Gasteiger partial charge in [-0.2, -0.15) is 0 Å². The topological polar surface area (TPSA) is 125 Å². The number of rotatable bonds is 9. The van der Waals surface area contributed by atoms with E-state index in [1.807, 2.05) is 59.2 Å². The first-order chi connectivity index (χ1) is 15.3. The maximum Gasteiger partial charge on any atom is 0.407 e. The number of carboxylic acids is 1. The standard InChI is InChI=1S/C22H22F2N2O6/c23-20(24)17(9-19(28)25-10-18(27)21(29)30)26-22(31)32-11-16-14-7-3-1-5-12(14)13-6-2-4-8-15(13)16/h1-8,16-18,20,27H,9-11H2,(H,25,28)(H,26,31)(H,29,30). The van der Waals surface area contributed by atoms with Gasteiger partial charge in [0.15, 0.2) is 6.10 Å². The number of carbonyl (C=O) groups is 3. The molecule has 0 aliphatic heterocycles. The van der Waals surface area contributed by atoms with E-state index in [1.54, 1.807) is 0 Å². The highest BCUT2D eigenvalue weighted by atomic mass is 19.3. The molecule has 0 radical (unpaired) electrons. The van der Waals surface area contributed by atoms with E-state index in [0.29, 0.717) is 0 Å². The smallest absolute Gasteiger partial charge is 0.407 e. The molecule has 0 aromatic heterocycles. The number of carboxylic acid groups (broad SMARTS) is 1. The molecule has 0 spiro atoms. The third kappa shape index (κ3) is 5.38. The summed E-state index contributed by atoms with van der Waals surface area (Å²) in [4.78, 5) is 34.5. The van der Waals surface area contributed by atoms with E-state index in [1.165, 1.54) is 0 Å². The molecule has 4 N–H and O–H groups in total. The average Bonchev–Trinajstić information content (AvgIpc) is 3.09. The Morgan fingerprint density at radius 3 is 2.09 bits per heavy atom. The minimum Gasteiger partial charge on any atom is -0.479 e. The Balaban J connectivity index is 1.57. The fraction of sp³-hybridized carbons (Fsp3) is 0.318. The molecule has 2 unspecified atom stereocenters. The number of carbonyl (C=O) groups excluding carboxylic acids is 2. The van der Waals surface area contributed by atoms with Crippen molar-refractivity contribution in [2.24, 2.45) is 0 Å². The zero-order valence-corrected chi connectivity index (χ0v) is 16.8. The van der Waals surface area contributed by atoms with Gasteiger partial charge in [-0.15, -0.1) is 0 Å². The van der Waals surface area contributed by atoms with Crippen LogP contribution in [-0.2, 0) is 14.3 Å². The molecule has 0 saturated carbocycles. The van der Waals surface area contributed by atoms with E-state index in [4.69, 9.17) is 14.9 Å². The summed E-state index contributed by atoms with van der Waals surface area (Å²) in [6.07, 6.45) is -6.84. The van der Waals surface area contributed by atoms with Gasteiger partial charge in [0, 0.05) is 5.92 Å². The summed E-state index contributed by atoms with van der Waals surface area (Å²) in [5.74, 6) is -2.76. The summed E-state index contributed by atoms with van der Waals surface area (Å²) in [6, 6.07) is 13.4. The molecule has 8 nitrogen and oxygen atoms in total. The van der Waals surface area contributed by atoms with Gasteiger partial charge < -0.3 is 25.6 Å². The molecule has 170 valence electrons. The van der Waals surface area contributed by atoms with Crippen molar-refractivity contribution in [2.75, 3.05) is 13.2 Å². The molecule has 1 aliphatic carbocycles. The van der Waals surface area contributed by atoms with E-state index in [-0.39, 0.29) is 12.5 Å². The van der Waals surface area contributed by atoms with Crippen LogP contribution in [0, 0.1) is 0 Å². The SMILES string of the molecule is O=C(CC(NC(=O)OCC1c2ccccc2-c2ccccc21)C(F)F)NCC(O)C(=O)O. The lowest BCUT2D eigenvalue weighted by atomic mass is 9.98. The van der Waals surface area contributed by atoms with E-state index in [0.717, 1.165) is 22.3 Å². The van der Waals surface area contributed by atoms with Crippen molar-refractivity contribution >= 4 is 18.0 Å². The second-order valence-electron chi connectivity index (χ2n) is 7.27. The number of benzene rings is 2. The van der Waals surface area contributed by atoms with Crippen molar-refractivity contribution < 1.29 is 38.1 Å². The summed E-state index contributed by atoms with van der Waals surface area (Å²) in [7, 11) is 0. The summed E-state index contributed by atoms with van der Waals surface area (Å²) in [5, 5.41) is 21.7. The van der Waals surface area contributed by atoms with Crippen LogP contribution in [-0.4, -0.2) is 59.9 Å². The molecule has 0 bridgehead atoms. The van der Waals surface area contributed by atoms with Gasteiger partial charge in [-0.3, -0.25) is 4.79 Å². The molecule has 32 heavy (non-hydrogen) atoms. The second-order valence-corrected chi connectivity index (χ2v) is 7.27. The lowest BCUT2D eigenvalue weighted by molar-refractivity contribution is -0.146. The zero-order chi connectivity index (χ0) is 23.3. The lowest BCUT2D eigenvalue weighted by Gasteiger charge is -2.19. The van der Waals surface area contributed by atoms with Crippen molar-refractivity contribution in [1.29, 1.82) is 0 Å². The van der Waals surface area contributed by atoms with Gasteiger partial charge in [0.25, 0.3) is 6.43 Å². The number of fused-ring (bicyclic) bond motifs is 3. The number of aliphatic hydroxyl groups excluding tert-OH is 1. The lowest BCUT2D eigenvalue weighted by Crippen LogP contribution is -2.45. The molecule has 0 heterocycles. The molecule has 2 amide bonds. The van der Waals surface area contributed by atoms with Gasteiger partial charge in [0.05, 0.1) is 13.0 Å². The van der Waals surface area contributed by atoms with Gasteiger partial charge in [0.1, 0.15) is 12.6 Å². The first-order valence-electron chi connectivity index (χ1n) is 9.85. The van der Waals surface area contributed by atoms with E-state index >= 15 is 0 Å². The van der Waals surface area contributed by atoms with Gasteiger partial charge in [-0.25, -0.2) is 18.4 Å². The summed E-state index contributed by atoms with van der Waals surface area (Å²) in [6.45, 7) is -0.720. The van der Waals surface area contributed by atoms with Gasteiger partial charge in [-0.1, -0.05) is 48.5 Å². The highest BCUT2D eigenvalue weighted by Gasteiger charge is 2.30. The molecule has 2 aromatic rings. The Labute approximate surface area is 182 Å². The number of amides is 2. The molecule has 0 saturated heterocycles. The monoisotopic (exact) mass is 448 g/mol. The Bertz CT molecular complexity index is 954. The third-order valence-electron chi connectivity index (χ3n) is 5.13. The van der Waals surface area contributed by atoms with Crippen molar-refractivity contribution in [3.05, 3.63) is 59.7 Å². The molecule has 0 fully saturated rings. The van der Waals surface area contributed by atoms with Crippen LogP contribution in [0.3, 0.4) is 0 Å². The van der Waals surface area contributed by atoms with Gasteiger partial charge in [-0.05, 0) is 22.3 Å². The molecular formula is C22H22F2N2O6. The van der Waals surface area contributed by atoms with Crippen LogP contribution in [0.4, 0.5) is 13.6 Å². The van der Waals surface area contributed by atoms with Gasteiger partial charge >= 0.3 is 12.1 Å². The quantitative estimate of drug-likeness (QED) is 0.466. The van der Waals surface area contributed by atoms with Crippen molar-refractivity contribution in [1.82, 2.24) is 10.6 Å². The predicted molar refractivity (Wildman–Crippen MR) is 109 cm³/mol. The second kappa shape index (κ2) is 10.2. The Morgan fingerprint density at radius 1 is 1.00 bits per heavy atom. The van der Waals surface area contributed by atoms with E-state index in [2.05, 4.69) is 0 Å². The fourth-order valence-corrected chi connectivity index (χ4v) is 3.56. The molecule has 3 rings (SSSR count). The van der Waals surface area contributed by atoms with E-state index in [9.17, 15) is 23.2 Å². The summed E-state index contributed by atoms with van der Waals surface area (Å²) in [5.41, 5.74) is 3.96. The van der Waals surface area contributed by atoms with Crippen LogP contribution in [0.1, 0.15) is 23.5 Å². The van der Waals surface area contributed by atoms with Crippen LogP contribution in [0.15, 0.2) is 48.5 Å². The number of hydrogen-bond donors (Lipinski definition) is 4. The number of ether oxygens (including phenoxy) is 1. The Morgan fingerprint density at radius 2 is 1.56 bits per heavy atom. The number of hydrogen-bond acceptors (Lipinski definition) is 5. The number of alkyl carbamates (subject to hydrolysis) is 1. The van der Waals surface area contributed by atoms with Crippen molar-refractivity contribution in [3.8, 4) is 11.1 Å². The van der Waals surface area contributed by atoms with Crippen LogP contribution < -0.4 is 10.6 Å². The maximum absolute atomic E-state index is 13.3. The highest BCUT2D eigenvalue weighted by Crippen LogP contribution is 2.44. The van der Waals surface area contributed by atoms with Crippen LogP contribution in [0.5, 0.6) is 0 Å². The summed E-state index contributed by atoms with van der Waals surface area (Å²) < 4.78 is 31.8. The normalized spacial score (nSPS) is 14.2. The number of aliphatic carboxylic acids is 1. The van der Waals surface area contributed by atoms with Crippen LogP contribution in [0.25, 0.3) is 11.1 Å². The molecule has 1 aliphatic rings. The first-order valence-corrected chi connectivity index (χ1v) is 9.85. The first kappa shape index (κ1) is 23.1. The Hall–Kier alpha value is -3.53. The van der Waals surface area contributed by atoms with Crippen LogP contribution >= 0.6 is 0 Å². The molecule has 2 atom stereocenters. The van der Waals surface area contributed by atoms with E-state index < -0.39 is 49.5 Å². The minimum atomic E-state index is -3.06. The zero-order valence-electron chi connectivity index (χ0n) is 16.8. The molecule has 10 heteroatoms. The van der Waals surface area contributed by atoms with Crippen molar-refractivity contribution in [2.45, 2.75) is 30.9 Å². The number of aliphatic hydroxyl groups is 1. The van der Waals surface area contributed by atoms with Gasteiger partial charge in [0.2, 0.25) is 5.91 Å². The predicted octanol–water partition coefficient (Wildman–Crippen LogP) is 2.11. The highest BCUT2D eigenvalue weighted by molar-refractivity contribution is 5.80. The molecule has 2 aromatic carbocycles. The fourth-order valence-electron chi connectivity index (χ4n) is 3.56. The van der Waals surface area contributed by atoms with Crippen molar-refractivity contribution in [3.63, 3.8) is 0 Å². The number of halogens is 2.